The summed E-state index contributed by atoms with van der Waals surface area (Å²) in [6.45, 7) is 0. The molecular weight excluding hydrogens is 254 g/mol. The number of pyridine rings is 1. The molecule has 0 fully saturated rings. The number of benzene rings is 1. The van der Waals surface area contributed by atoms with E-state index < -0.39 is 0 Å². The normalized spacial score (nSPS) is 10.4. The van der Waals surface area contributed by atoms with Crippen molar-refractivity contribution in [3.63, 3.8) is 0 Å². The van der Waals surface area contributed by atoms with Crippen molar-refractivity contribution in [2.75, 3.05) is 18.2 Å². The molecule has 0 radical (unpaired) electrons. The van der Waals surface area contributed by atoms with E-state index in [1.165, 1.54) is 7.11 Å². The van der Waals surface area contributed by atoms with Crippen molar-refractivity contribution < 1.29 is 4.74 Å². The van der Waals surface area contributed by atoms with Gasteiger partial charge < -0.3 is 15.8 Å². The molecule has 0 atom stereocenters. The second-order valence-corrected chi connectivity index (χ2v) is 4.16. The molecular formula is C14H13N5O. The van der Waals surface area contributed by atoms with Crippen LogP contribution in [0.25, 0.3) is 10.9 Å². The third-order valence-corrected chi connectivity index (χ3v) is 2.82. The van der Waals surface area contributed by atoms with Crippen molar-refractivity contribution in [2.45, 2.75) is 0 Å². The number of methoxy groups -OCH3 is 1. The maximum atomic E-state index is 5.64. The van der Waals surface area contributed by atoms with Gasteiger partial charge in [0, 0.05) is 17.6 Å². The highest BCUT2D eigenvalue weighted by Crippen LogP contribution is 2.25. The van der Waals surface area contributed by atoms with Gasteiger partial charge in [-0.05, 0) is 12.1 Å². The smallest absolute Gasteiger partial charge is 0.225 e. The fourth-order valence-electron chi connectivity index (χ4n) is 1.95. The average Bonchev–Trinajstić information content (AvgIpc) is 2.47. The molecule has 3 aromatic rings. The zero-order valence-corrected chi connectivity index (χ0v) is 10.9. The SMILES string of the molecule is COc1cc(Nc2cccc3cccnc23)nc(N)n1. The lowest BCUT2D eigenvalue weighted by molar-refractivity contribution is 0.398. The number of hydrogen-bond acceptors (Lipinski definition) is 6. The summed E-state index contributed by atoms with van der Waals surface area (Å²) in [4.78, 5) is 12.5. The van der Waals surface area contributed by atoms with Crippen LogP contribution in [0, 0.1) is 0 Å². The molecule has 0 saturated carbocycles. The number of anilines is 3. The highest BCUT2D eigenvalue weighted by molar-refractivity contribution is 5.91. The van der Waals surface area contributed by atoms with Gasteiger partial charge >= 0.3 is 0 Å². The number of fused-ring (bicyclic) bond motifs is 1. The van der Waals surface area contributed by atoms with E-state index >= 15 is 0 Å². The molecule has 0 saturated heterocycles. The predicted octanol–water partition coefficient (Wildman–Crippen LogP) is 2.36. The number of nitrogens with one attached hydrogen (secondary N) is 1. The first-order valence-electron chi connectivity index (χ1n) is 6.05. The molecule has 0 aliphatic heterocycles. The fraction of sp³-hybridized carbons (Fsp3) is 0.0714. The molecule has 6 heteroatoms. The zero-order chi connectivity index (χ0) is 13.9. The molecule has 0 aliphatic carbocycles. The summed E-state index contributed by atoms with van der Waals surface area (Å²) < 4.78 is 5.07. The quantitative estimate of drug-likeness (QED) is 0.757. The Morgan fingerprint density at radius 2 is 2.00 bits per heavy atom. The van der Waals surface area contributed by atoms with Crippen molar-refractivity contribution in [3.8, 4) is 5.88 Å². The van der Waals surface area contributed by atoms with E-state index in [9.17, 15) is 0 Å². The molecule has 0 aliphatic rings. The Kier molecular flexibility index (Phi) is 3.04. The van der Waals surface area contributed by atoms with E-state index in [0.717, 1.165) is 16.6 Å². The largest absolute Gasteiger partial charge is 0.481 e. The molecule has 100 valence electrons. The van der Waals surface area contributed by atoms with Gasteiger partial charge in [0.1, 0.15) is 5.82 Å². The van der Waals surface area contributed by atoms with Gasteiger partial charge in [-0.3, -0.25) is 4.98 Å². The van der Waals surface area contributed by atoms with Gasteiger partial charge in [-0.1, -0.05) is 18.2 Å². The van der Waals surface area contributed by atoms with E-state index in [2.05, 4.69) is 20.3 Å². The topological polar surface area (TPSA) is 86.0 Å². The van der Waals surface area contributed by atoms with E-state index in [1.807, 2.05) is 30.3 Å². The predicted molar refractivity (Wildman–Crippen MR) is 78.0 cm³/mol. The molecule has 2 heterocycles. The van der Waals surface area contributed by atoms with E-state index in [1.54, 1.807) is 12.3 Å². The molecule has 3 rings (SSSR count). The monoisotopic (exact) mass is 267 g/mol. The minimum Gasteiger partial charge on any atom is -0.481 e. The van der Waals surface area contributed by atoms with Gasteiger partial charge in [0.25, 0.3) is 0 Å². The Morgan fingerprint density at radius 1 is 1.15 bits per heavy atom. The summed E-state index contributed by atoms with van der Waals surface area (Å²) in [5.41, 5.74) is 7.36. The standard InChI is InChI=1S/C14H13N5O/c1-20-12-8-11(18-14(15)19-12)17-10-6-2-4-9-5-3-7-16-13(9)10/h2-8H,1H3,(H3,15,17,18,19). The molecule has 0 amide bonds. The van der Waals surface area contributed by atoms with Gasteiger partial charge in [0.05, 0.1) is 18.3 Å². The average molecular weight is 267 g/mol. The van der Waals surface area contributed by atoms with E-state index in [4.69, 9.17) is 10.5 Å². The number of rotatable bonds is 3. The maximum absolute atomic E-state index is 5.64. The number of ether oxygens (including phenoxy) is 1. The zero-order valence-electron chi connectivity index (χ0n) is 10.9. The number of nitrogens with two attached hydrogens (primary N) is 1. The fourth-order valence-corrected chi connectivity index (χ4v) is 1.95. The van der Waals surface area contributed by atoms with E-state index in [0.29, 0.717) is 11.7 Å². The number of para-hydroxylation sites is 1. The first kappa shape index (κ1) is 12.2. The summed E-state index contributed by atoms with van der Waals surface area (Å²) in [6.07, 6.45) is 1.75. The number of nitrogens with zero attached hydrogens (tertiary/aromatic N) is 3. The summed E-state index contributed by atoms with van der Waals surface area (Å²) in [7, 11) is 1.53. The molecule has 2 aromatic heterocycles. The molecule has 6 nitrogen and oxygen atoms in total. The van der Waals surface area contributed by atoms with Crippen molar-refractivity contribution in [2.24, 2.45) is 0 Å². The molecule has 0 unspecified atom stereocenters. The van der Waals surface area contributed by atoms with Crippen LogP contribution >= 0.6 is 0 Å². The van der Waals surface area contributed by atoms with Crippen molar-refractivity contribution in [3.05, 3.63) is 42.6 Å². The Bertz CT molecular complexity index is 754. The summed E-state index contributed by atoms with van der Waals surface area (Å²) in [6, 6.07) is 11.5. The van der Waals surface area contributed by atoms with E-state index in [-0.39, 0.29) is 5.95 Å². The Morgan fingerprint density at radius 3 is 2.85 bits per heavy atom. The lowest BCUT2D eigenvalue weighted by Gasteiger charge is -2.09. The van der Waals surface area contributed by atoms with Crippen LogP contribution in [0.2, 0.25) is 0 Å². The Labute approximate surface area is 115 Å². The third-order valence-electron chi connectivity index (χ3n) is 2.82. The molecule has 0 spiro atoms. The van der Waals surface area contributed by atoms with Crippen LogP contribution in [0.3, 0.4) is 0 Å². The lowest BCUT2D eigenvalue weighted by Crippen LogP contribution is -2.02. The second-order valence-electron chi connectivity index (χ2n) is 4.16. The first-order chi connectivity index (χ1) is 9.76. The van der Waals surface area contributed by atoms with Crippen molar-refractivity contribution >= 4 is 28.4 Å². The van der Waals surface area contributed by atoms with Crippen LogP contribution in [0.15, 0.2) is 42.6 Å². The van der Waals surface area contributed by atoms with Crippen LogP contribution in [0.5, 0.6) is 5.88 Å². The Hall–Kier alpha value is -2.89. The second kappa shape index (κ2) is 5.00. The minimum atomic E-state index is 0.153. The Balaban J connectivity index is 2.03. The van der Waals surface area contributed by atoms with Gasteiger partial charge in [-0.15, -0.1) is 0 Å². The van der Waals surface area contributed by atoms with Gasteiger partial charge in [0.2, 0.25) is 11.8 Å². The lowest BCUT2D eigenvalue weighted by atomic mass is 10.2. The number of nitrogen functional groups attached to an aromatic ring is 1. The molecule has 1 aromatic carbocycles. The van der Waals surface area contributed by atoms with Crippen molar-refractivity contribution in [1.82, 2.24) is 15.0 Å². The third kappa shape index (κ3) is 2.31. The van der Waals surface area contributed by atoms with Gasteiger partial charge in [-0.25, -0.2) is 0 Å². The number of hydrogen-bond donors (Lipinski definition) is 2. The summed E-state index contributed by atoms with van der Waals surface area (Å²) in [5.74, 6) is 1.13. The highest BCUT2D eigenvalue weighted by Gasteiger charge is 2.06. The molecule has 20 heavy (non-hydrogen) atoms. The summed E-state index contributed by atoms with van der Waals surface area (Å²) in [5, 5.41) is 4.24. The molecule has 3 N–H and O–H groups in total. The van der Waals surface area contributed by atoms with Gasteiger partial charge in [-0.2, -0.15) is 9.97 Å². The first-order valence-corrected chi connectivity index (χ1v) is 6.05. The maximum Gasteiger partial charge on any atom is 0.225 e. The van der Waals surface area contributed by atoms with Crippen LogP contribution < -0.4 is 15.8 Å². The van der Waals surface area contributed by atoms with Gasteiger partial charge in [0.15, 0.2) is 0 Å². The van der Waals surface area contributed by atoms with Crippen LogP contribution in [0.1, 0.15) is 0 Å². The number of aromatic nitrogens is 3. The summed E-state index contributed by atoms with van der Waals surface area (Å²) >= 11 is 0. The van der Waals surface area contributed by atoms with Crippen molar-refractivity contribution in [1.29, 1.82) is 0 Å². The van der Waals surface area contributed by atoms with Crippen LogP contribution in [-0.2, 0) is 0 Å². The highest BCUT2D eigenvalue weighted by atomic mass is 16.5. The molecule has 0 bridgehead atoms. The van der Waals surface area contributed by atoms with Crippen LogP contribution in [-0.4, -0.2) is 22.1 Å². The van der Waals surface area contributed by atoms with Crippen LogP contribution in [0.4, 0.5) is 17.5 Å². The minimum absolute atomic E-state index is 0.153.